The monoisotopic (exact) mass is 336 g/mol. The summed E-state index contributed by atoms with van der Waals surface area (Å²) in [4.78, 5) is 6.91. The van der Waals surface area contributed by atoms with Gasteiger partial charge in [-0.25, -0.2) is 0 Å². The first-order valence-electron chi connectivity index (χ1n) is 8.94. The summed E-state index contributed by atoms with van der Waals surface area (Å²) in [6.45, 7) is 0.906. The number of rotatable bonds is 0. The lowest BCUT2D eigenvalue weighted by atomic mass is 9.49. The first kappa shape index (κ1) is 14.1. The Morgan fingerprint density at radius 3 is 3.04 bits per heavy atom. The molecule has 0 unspecified atom stereocenters. The molecule has 2 bridgehead atoms. The second-order valence-electron chi connectivity index (χ2n) is 8.02. The minimum atomic E-state index is -0.910. The molecular weight excluding hydrogens is 316 g/mol. The molecule has 0 amide bonds. The highest BCUT2D eigenvalue weighted by atomic mass is 16.5. The zero-order valence-corrected chi connectivity index (χ0v) is 14.1. The van der Waals surface area contributed by atoms with Crippen LogP contribution in [-0.4, -0.2) is 45.3 Å². The van der Waals surface area contributed by atoms with Crippen LogP contribution < -0.4 is 4.74 Å². The van der Waals surface area contributed by atoms with Gasteiger partial charge in [-0.1, -0.05) is 12.1 Å². The van der Waals surface area contributed by atoms with E-state index in [-0.39, 0.29) is 17.9 Å². The summed E-state index contributed by atoms with van der Waals surface area (Å²) in [5.41, 5.74) is 2.76. The lowest BCUT2D eigenvalue weighted by molar-refractivity contribution is -0.168. The van der Waals surface area contributed by atoms with Crippen LogP contribution in [0.4, 0.5) is 0 Å². The van der Waals surface area contributed by atoms with Gasteiger partial charge in [0.15, 0.2) is 17.6 Å². The number of piperidine rings is 1. The third-order valence-electron chi connectivity index (χ3n) is 7.11. The second kappa shape index (κ2) is 4.17. The first-order chi connectivity index (χ1) is 12.1. The largest absolute Gasteiger partial charge is 0.504 e. The topological polar surface area (TPSA) is 65.8 Å². The Hall–Kier alpha value is -2.11. The van der Waals surface area contributed by atoms with Gasteiger partial charge < -0.3 is 19.8 Å². The number of aliphatic hydroxyl groups is 1. The van der Waals surface area contributed by atoms with Gasteiger partial charge in [0, 0.05) is 24.2 Å². The van der Waals surface area contributed by atoms with Crippen LogP contribution >= 0.6 is 0 Å². The van der Waals surface area contributed by atoms with E-state index >= 15 is 0 Å². The van der Waals surface area contributed by atoms with Crippen molar-refractivity contribution in [2.75, 3.05) is 13.6 Å². The van der Waals surface area contributed by atoms with Crippen molar-refractivity contribution in [3.05, 3.63) is 52.8 Å². The van der Waals surface area contributed by atoms with Crippen LogP contribution in [0.1, 0.15) is 34.9 Å². The SMILES string of the molecule is CN1CC[C@]23c4c5ccc(O)c4O[C@H]2c2ncccc2C[C@@]3(O)[C@@H]1C5. The summed E-state index contributed by atoms with van der Waals surface area (Å²) >= 11 is 0. The highest BCUT2D eigenvalue weighted by Crippen LogP contribution is 2.68. The number of likely N-dealkylation sites (N-methyl/N-ethyl adjacent to an activating group) is 1. The van der Waals surface area contributed by atoms with Crippen LogP contribution in [0.2, 0.25) is 0 Å². The number of ether oxygens (including phenoxy) is 1. The summed E-state index contributed by atoms with van der Waals surface area (Å²) in [7, 11) is 2.10. The van der Waals surface area contributed by atoms with Crippen LogP contribution in [0, 0.1) is 0 Å². The number of aromatic hydroxyl groups is 1. The zero-order valence-electron chi connectivity index (χ0n) is 14.1. The van der Waals surface area contributed by atoms with Crippen molar-refractivity contribution in [2.45, 2.75) is 42.4 Å². The van der Waals surface area contributed by atoms with Crippen molar-refractivity contribution < 1.29 is 14.9 Å². The van der Waals surface area contributed by atoms with Crippen molar-refractivity contribution in [3.63, 3.8) is 0 Å². The Bertz CT molecular complexity index is 929. The third-order valence-corrected chi connectivity index (χ3v) is 7.11. The molecule has 1 fully saturated rings. The maximum absolute atomic E-state index is 12.1. The summed E-state index contributed by atoms with van der Waals surface area (Å²) < 4.78 is 6.35. The number of pyridine rings is 1. The lowest BCUT2D eigenvalue weighted by Gasteiger charge is -2.62. The molecule has 6 rings (SSSR count). The maximum Gasteiger partial charge on any atom is 0.166 e. The van der Waals surface area contributed by atoms with Crippen LogP contribution in [0.15, 0.2) is 30.5 Å². The van der Waals surface area contributed by atoms with E-state index in [2.05, 4.69) is 16.9 Å². The molecule has 5 nitrogen and oxygen atoms in total. The van der Waals surface area contributed by atoms with Gasteiger partial charge in [-0.15, -0.1) is 0 Å². The van der Waals surface area contributed by atoms with Crippen LogP contribution in [0.3, 0.4) is 0 Å². The van der Waals surface area contributed by atoms with E-state index < -0.39 is 11.0 Å². The number of hydrogen-bond acceptors (Lipinski definition) is 5. The number of likely N-dealkylation sites (tertiary alicyclic amines) is 1. The summed E-state index contributed by atoms with van der Waals surface area (Å²) in [6.07, 6.45) is 3.63. The van der Waals surface area contributed by atoms with Gasteiger partial charge in [0.05, 0.1) is 16.7 Å². The molecule has 1 aromatic heterocycles. The molecule has 25 heavy (non-hydrogen) atoms. The summed E-state index contributed by atoms with van der Waals surface area (Å²) in [5.74, 6) is 0.724. The smallest absolute Gasteiger partial charge is 0.166 e. The van der Waals surface area contributed by atoms with Gasteiger partial charge in [-0.2, -0.15) is 0 Å². The number of nitrogens with zero attached hydrogens (tertiary/aromatic N) is 2. The van der Waals surface area contributed by atoms with Gasteiger partial charge in [0.25, 0.3) is 0 Å². The van der Waals surface area contributed by atoms with Gasteiger partial charge in [0.1, 0.15) is 0 Å². The average molecular weight is 336 g/mol. The minimum absolute atomic E-state index is 0.0451. The van der Waals surface area contributed by atoms with Crippen molar-refractivity contribution in [3.8, 4) is 11.5 Å². The van der Waals surface area contributed by atoms with Crippen molar-refractivity contribution in [1.29, 1.82) is 0 Å². The lowest BCUT2D eigenvalue weighted by Crippen LogP contribution is -2.73. The molecule has 128 valence electrons. The van der Waals surface area contributed by atoms with E-state index in [4.69, 9.17) is 4.74 Å². The fraction of sp³-hybridized carbons (Fsp3) is 0.450. The fourth-order valence-electron chi connectivity index (χ4n) is 6.05. The molecular formula is C20H20N2O3. The number of benzene rings is 1. The molecule has 0 saturated carbocycles. The molecule has 4 atom stereocenters. The van der Waals surface area contributed by atoms with E-state index in [9.17, 15) is 10.2 Å². The molecule has 1 aromatic carbocycles. The van der Waals surface area contributed by atoms with E-state index in [1.165, 1.54) is 5.56 Å². The van der Waals surface area contributed by atoms with Gasteiger partial charge in [-0.05, 0) is 49.7 Å². The van der Waals surface area contributed by atoms with Gasteiger partial charge in [0.2, 0.25) is 0 Å². The van der Waals surface area contributed by atoms with Crippen LogP contribution in [0.25, 0.3) is 0 Å². The van der Waals surface area contributed by atoms with Gasteiger partial charge in [-0.3, -0.25) is 4.98 Å². The highest BCUT2D eigenvalue weighted by molar-refractivity contribution is 5.64. The Morgan fingerprint density at radius 2 is 2.16 bits per heavy atom. The molecule has 4 aliphatic rings. The Morgan fingerprint density at radius 1 is 1.28 bits per heavy atom. The third kappa shape index (κ3) is 1.36. The number of phenols is 1. The quantitative estimate of drug-likeness (QED) is 0.767. The molecule has 2 aromatic rings. The van der Waals surface area contributed by atoms with Crippen molar-refractivity contribution in [1.82, 2.24) is 9.88 Å². The van der Waals surface area contributed by atoms with E-state index in [1.54, 1.807) is 12.3 Å². The normalized spacial score (nSPS) is 37.2. The molecule has 1 saturated heterocycles. The Labute approximate surface area is 145 Å². The predicted octanol–water partition coefficient (Wildman–Crippen LogP) is 1.71. The molecule has 2 N–H and O–H groups in total. The zero-order chi connectivity index (χ0) is 17.0. The van der Waals surface area contributed by atoms with Crippen molar-refractivity contribution >= 4 is 0 Å². The van der Waals surface area contributed by atoms with Crippen LogP contribution in [-0.2, 0) is 18.3 Å². The molecule has 1 spiro atoms. The minimum Gasteiger partial charge on any atom is -0.504 e. The second-order valence-corrected chi connectivity index (χ2v) is 8.02. The Balaban J connectivity index is 1.74. The summed E-state index contributed by atoms with van der Waals surface area (Å²) in [5, 5.41) is 22.5. The van der Waals surface area contributed by atoms with E-state index in [1.807, 2.05) is 18.2 Å². The number of hydrogen-bond donors (Lipinski definition) is 2. The predicted molar refractivity (Wildman–Crippen MR) is 90.8 cm³/mol. The van der Waals surface area contributed by atoms with E-state index in [0.29, 0.717) is 12.2 Å². The van der Waals surface area contributed by atoms with Gasteiger partial charge >= 0.3 is 0 Å². The molecule has 2 aliphatic carbocycles. The first-order valence-corrected chi connectivity index (χ1v) is 8.94. The van der Waals surface area contributed by atoms with Crippen LogP contribution in [0.5, 0.6) is 11.5 Å². The molecule has 5 heteroatoms. The number of aromatic nitrogens is 1. The van der Waals surface area contributed by atoms with Crippen molar-refractivity contribution in [2.24, 2.45) is 0 Å². The molecule has 2 aliphatic heterocycles. The Kier molecular flexibility index (Phi) is 2.35. The number of fused-ring (bicyclic) bond motifs is 2. The molecule has 0 radical (unpaired) electrons. The summed E-state index contributed by atoms with van der Waals surface area (Å²) in [6, 6.07) is 7.74. The number of phenolic OH excluding ortho intramolecular Hbond substituents is 1. The molecule has 3 heterocycles. The van der Waals surface area contributed by atoms with E-state index in [0.717, 1.165) is 36.2 Å². The fourth-order valence-corrected chi connectivity index (χ4v) is 6.05. The highest BCUT2D eigenvalue weighted by Gasteiger charge is 2.72. The maximum atomic E-state index is 12.1. The average Bonchev–Trinajstić information content (AvgIpc) is 2.95. The standard InChI is InChI=1S/C20H20N2O3/c1-22-8-6-19-15-11-4-5-13(23)17(15)25-18(19)16-12(3-2-7-21-16)10-20(19,24)14(22)9-11/h2-5,7,14,18,23-24H,6,8-10H2,1H3/t14-,18-,19-,20+/m0/s1.